The van der Waals surface area contributed by atoms with Crippen LogP contribution in [-0.4, -0.2) is 16.6 Å². The summed E-state index contributed by atoms with van der Waals surface area (Å²) in [5, 5.41) is 4.09. The maximum Gasteiger partial charge on any atom is 0.0946 e. The number of nitrogens with one attached hydrogen (secondary N) is 1. The highest BCUT2D eigenvalue weighted by Gasteiger charge is 2.15. The molecule has 0 aliphatic carbocycles. The average Bonchev–Trinajstić information content (AvgIpc) is 2.71. The van der Waals surface area contributed by atoms with E-state index in [4.69, 9.17) is 11.6 Å². The number of hydrogen-bond donors (Lipinski definition) is 1. The lowest BCUT2D eigenvalue weighted by Crippen LogP contribution is -2.20. The van der Waals surface area contributed by atoms with Crippen LogP contribution in [0.1, 0.15) is 22.9 Å². The number of aryl methyl sites for hydroxylation is 2. The predicted octanol–water partition coefficient (Wildman–Crippen LogP) is 2.69. The molecule has 0 spiro atoms. The first-order chi connectivity index (χ1) is 8.13. The van der Waals surface area contributed by atoms with E-state index >= 15 is 0 Å². The zero-order chi connectivity index (χ0) is 12.4. The molecule has 0 radical (unpaired) electrons. The molecular weight excluding hydrogens is 234 g/mol. The van der Waals surface area contributed by atoms with Crippen LogP contribution in [0, 0.1) is 6.92 Å². The van der Waals surface area contributed by atoms with Crippen molar-refractivity contribution in [3.63, 3.8) is 0 Å². The Morgan fingerprint density at radius 1 is 1.41 bits per heavy atom. The van der Waals surface area contributed by atoms with Crippen LogP contribution < -0.4 is 5.32 Å². The van der Waals surface area contributed by atoms with Crippen molar-refractivity contribution in [3.05, 3.63) is 52.6 Å². The molecule has 1 aromatic carbocycles. The molecule has 4 heteroatoms. The third kappa shape index (κ3) is 2.35. The van der Waals surface area contributed by atoms with Crippen molar-refractivity contribution in [2.24, 2.45) is 7.05 Å². The Morgan fingerprint density at radius 2 is 2.18 bits per heavy atom. The van der Waals surface area contributed by atoms with Gasteiger partial charge in [0.25, 0.3) is 0 Å². The van der Waals surface area contributed by atoms with Gasteiger partial charge in [-0.3, -0.25) is 0 Å². The number of aromatic nitrogens is 2. The van der Waals surface area contributed by atoms with E-state index in [1.54, 1.807) is 6.33 Å². The zero-order valence-electron chi connectivity index (χ0n) is 10.2. The van der Waals surface area contributed by atoms with Gasteiger partial charge >= 0.3 is 0 Å². The molecule has 0 saturated heterocycles. The van der Waals surface area contributed by atoms with Crippen LogP contribution in [0.2, 0.25) is 5.02 Å². The fourth-order valence-electron chi connectivity index (χ4n) is 1.92. The van der Waals surface area contributed by atoms with Gasteiger partial charge in [0.1, 0.15) is 0 Å². The summed E-state index contributed by atoms with van der Waals surface area (Å²) in [4.78, 5) is 4.15. The van der Waals surface area contributed by atoms with Gasteiger partial charge in [-0.15, -0.1) is 0 Å². The third-order valence-corrected chi connectivity index (χ3v) is 3.37. The van der Waals surface area contributed by atoms with E-state index in [1.165, 1.54) is 0 Å². The molecule has 0 bridgehead atoms. The highest BCUT2D eigenvalue weighted by molar-refractivity contribution is 6.31. The van der Waals surface area contributed by atoms with Crippen molar-refractivity contribution < 1.29 is 0 Å². The minimum absolute atomic E-state index is 0.112. The molecule has 1 heterocycles. The lowest BCUT2D eigenvalue weighted by molar-refractivity contribution is 0.638. The average molecular weight is 250 g/mol. The summed E-state index contributed by atoms with van der Waals surface area (Å²) in [7, 11) is 3.92. The summed E-state index contributed by atoms with van der Waals surface area (Å²) in [5.74, 6) is 0. The van der Waals surface area contributed by atoms with Crippen LogP contribution in [-0.2, 0) is 7.05 Å². The Balaban J connectivity index is 2.42. The van der Waals surface area contributed by atoms with Gasteiger partial charge in [0.2, 0.25) is 0 Å². The molecule has 0 saturated carbocycles. The highest BCUT2D eigenvalue weighted by Crippen LogP contribution is 2.25. The van der Waals surface area contributed by atoms with E-state index in [0.29, 0.717) is 0 Å². The Kier molecular flexibility index (Phi) is 3.50. The molecule has 1 N–H and O–H groups in total. The van der Waals surface area contributed by atoms with E-state index in [2.05, 4.69) is 16.4 Å². The summed E-state index contributed by atoms with van der Waals surface area (Å²) < 4.78 is 2.01. The minimum atomic E-state index is 0.112. The number of benzene rings is 1. The summed E-state index contributed by atoms with van der Waals surface area (Å²) >= 11 is 6.17. The number of nitrogens with zero attached hydrogens (tertiary/aromatic N) is 2. The normalized spacial score (nSPS) is 12.7. The molecule has 2 aromatic rings. The van der Waals surface area contributed by atoms with Gasteiger partial charge in [-0.05, 0) is 31.2 Å². The molecule has 1 unspecified atom stereocenters. The molecule has 1 aromatic heterocycles. The van der Waals surface area contributed by atoms with Gasteiger partial charge in [-0.25, -0.2) is 4.98 Å². The number of hydrogen-bond acceptors (Lipinski definition) is 2. The van der Waals surface area contributed by atoms with Gasteiger partial charge in [0.05, 0.1) is 24.3 Å². The van der Waals surface area contributed by atoms with Crippen molar-refractivity contribution in [1.29, 1.82) is 0 Å². The van der Waals surface area contributed by atoms with Gasteiger partial charge < -0.3 is 9.88 Å². The van der Waals surface area contributed by atoms with Crippen molar-refractivity contribution >= 4 is 11.6 Å². The molecule has 3 nitrogen and oxygen atoms in total. The maximum absolute atomic E-state index is 6.17. The van der Waals surface area contributed by atoms with Crippen LogP contribution >= 0.6 is 11.6 Å². The molecule has 0 amide bonds. The Bertz CT molecular complexity index is 519. The van der Waals surface area contributed by atoms with E-state index in [9.17, 15) is 0 Å². The van der Waals surface area contributed by atoms with E-state index < -0.39 is 0 Å². The third-order valence-electron chi connectivity index (χ3n) is 2.97. The van der Waals surface area contributed by atoms with E-state index in [-0.39, 0.29) is 6.04 Å². The summed E-state index contributed by atoms with van der Waals surface area (Å²) in [6, 6.07) is 6.25. The summed E-state index contributed by atoms with van der Waals surface area (Å²) in [5.41, 5.74) is 3.36. The lowest BCUT2D eigenvalue weighted by Gasteiger charge is -2.17. The lowest BCUT2D eigenvalue weighted by atomic mass is 10.0. The molecular formula is C13H16ClN3. The molecule has 0 aliphatic heterocycles. The SMILES string of the molecule is CNC(c1ccc(C)c(Cl)c1)c1cncn1C. The number of halogens is 1. The first-order valence-corrected chi connectivity index (χ1v) is 5.91. The number of imidazole rings is 1. The van der Waals surface area contributed by atoms with Crippen molar-refractivity contribution in [2.45, 2.75) is 13.0 Å². The first kappa shape index (κ1) is 12.1. The first-order valence-electron chi connectivity index (χ1n) is 5.53. The van der Waals surface area contributed by atoms with Crippen LogP contribution in [0.4, 0.5) is 0 Å². The topological polar surface area (TPSA) is 29.9 Å². The number of rotatable bonds is 3. The molecule has 2 rings (SSSR count). The predicted molar refractivity (Wildman–Crippen MR) is 70.3 cm³/mol. The molecule has 0 aliphatic rings. The van der Waals surface area contributed by atoms with Crippen LogP contribution in [0.5, 0.6) is 0 Å². The van der Waals surface area contributed by atoms with Crippen LogP contribution in [0.25, 0.3) is 0 Å². The molecule has 1 atom stereocenters. The van der Waals surface area contributed by atoms with Crippen LogP contribution in [0.15, 0.2) is 30.7 Å². The largest absolute Gasteiger partial charge is 0.336 e. The second-order valence-electron chi connectivity index (χ2n) is 4.16. The van der Waals surface area contributed by atoms with E-state index in [0.717, 1.165) is 21.8 Å². The van der Waals surface area contributed by atoms with Gasteiger partial charge in [-0.2, -0.15) is 0 Å². The second-order valence-corrected chi connectivity index (χ2v) is 4.57. The van der Waals surface area contributed by atoms with E-state index in [1.807, 2.05) is 43.9 Å². The second kappa shape index (κ2) is 4.90. The Labute approximate surface area is 106 Å². The maximum atomic E-state index is 6.17. The zero-order valence-corrected chi connectivity index (χ0v) is 11.0. The molecule has 90 valence electrons. The van der Waals surface area contributed by atoms with Gasteiger partial charge in [-0.1, -0.05) is 23.7 Å². The Morgan fingerprint density at radius 3 is 2.71 bits per heavy atom. The van der Waals surface area contributed by atoms with Gasteiger partial charge in [0.15, 0.2) is 0 Å². The summed E-state index contributed by atoms with van der Waals surface area (Å²) in [6.07, 6.45) is 3.67. The smallest absolute Gasteiger partial charge is 0.0946 e. The Hall–Kier alpha value is -1.32. The highest BCUT2D eigenvalue weighted by atomic mass is 35.5. The van der Waals surface area contributed by atoms with Gasteiger partial charge in [0, 0.05) is 12.1 Å². The quantitative estimate of drug-likeness (QED) is 0.907. The van der Waals surface area contributed by atoms with Crippen molar-refractivity contribution in [2.75, 3.05) is 7.05 Å². The molecule has 0 fully saturated rings. The molecule has 17 heavy (non-hydrogen) atoms. The minimum Gasteiger partial charge on any atom is -0.336 e. The fourth-order valence-corrected chi connectivity index (χ4v) is 2.11. The monoisotopic (exact) mass is 249 g/mol. The summed E-state index contributed by atoms with van der Waals surface area (Å²) in [6.45, 7) is 2.00. The standard InChI is InChI=1S/C13H16ClN3/c1-9-4-5-10(6-11(9)14)13(15-2)12-7-16-8-17(12)3/h4-8,13,15H,1-3H3. The fraction of sp³-hybridized carbons (Fsp3) is 0.308. The van der Waals surface area contributed by atoms with Crippen molar-refractivity contribution in [3.8, 4) is 0 Å². The van der Waals surface area contributed by atoms with Crippen molar-refractivity contribution in [1.82, 2.24) is 14.9 Å². The van der Waals surface area contributed by atoms with Crippen LogP contribution in [0.3, 0.4) is 0 Å².